The van der Waals surface area contributed by atoms with E-state index in [-0.39, 0.29) is 18.2 Å². The molecule has 104 valence electrons. The van der Waals surface area contributed by atoms with Crippen LogP contribution in [0.5, 0.6) is 0 Å². The van der Waals surface area contributed by atoms with Crippen LogP contribution in [0, 0.1) is 12.8 Å². The zero-order valence-corrected chi connectivity index (χ0v) is 11.8. The molecule has 1 aromatic rings. The molecule has 2 amide bonds. The number of anilines is 1. The van der Waals surface area contributed by atoms with Gasteiger partial charge < -0.3 is 16.4 Å². The first-order chi connectivity index (χ1) is 9.17. The first-order valence-corrected chi connectivity index (χ1v) is 7.27. The molecule has 1 saturated carbocycles. The molecule has 1 aliphatic heterocycles. The number of hydrogen-bond acceptors (Lipinski definition) is 4. The van der Waals surface area contributed by atoms with Crippen LogP contribution in [0.1, 0.15) is 28.8 Å². The molecule has 0 radical (unpaired) electrons. The van der Waals surface area contributed by atoms with Gasteiger partial charge in [0.25, 0.3) is 0 Å². The van der Waals surface area contributed by atoms with Crippen molar-refractivity contribution < 1.29 is 9.59 Å². The summed E-state index contributed by atoms with van der Waals surface area (Å²) in [4.78, 5) is 21.7. The monoisotopic (exact) mass is 281 g/mol. The molecule has 1 fully saturated rings. The molecular weight excluding hydrogens is 262 g/mol. The van der Waals surface area contributed by atoms with E-state index >= 15 is 0 Å². The fraction of sp³-hybridized carbons (Fsp3) is 0.538. The first kappa shape index (κ1) is 14.0. The number of fused-ring (bicyclic) bond motifs is 1. The number of carbonyl (C=O) groups excluding carboxylic acids is 2. The lowest BCUT2D eigenvalue weighted by Crippen LogP contribution is -2.22. The maximum absolute atomic E-state index is 11.7. The normalized spacial score (nSPS) is 16.9. The summed E-state index contributed by atoms with van der Waals surface area (Å²) in [5, 5.41) is 7.52. The topological polar surface area (TPSA) is 84.2 Å². The highest BCUT2D eigenvalue weighted by Crippen LogP contribution is 2.36. The number of nitrogens with two attached hydrogens (primary N) is 1. The summed E-state index contributed by atoms with van der Waals surface area (Å²) in [6, 6.07) is 0. The second kappa shape index (κ2) is 6.16. The highest BCUT2D eigenvalue weighted by atomic mass is 32.1. The van der Waals surface area contributed by atoms with E-state index in [1.165, 1.54) is 16.0 Å². The second-order valence-corrected chi connectivity index (χ2v) is 5.89. The number of nitrogens with one attached hydrogen (secondary N) is 2. The molecule has 1 aromatic heterocycles. The Labute approximate surface area is 116 Å². The summed E-state index contributed by atoms with van der Waals surface area (Å²) in [6.07, 6.45) is 3.48. The summed E-state index contributed by atoms with van der Waals surface area (Å²) in [7, 11) is 0. The van der Waals surface area contributed by atoms with Crippen molar-refractivity contribution in [2.45, 2.75) is 32.7 Å². The summed E-state index contributed by atoms with van der Waals surface area (Å²) >= 11 is 1.74. The molecule has 0 saturated heterocycles. The highest BCUT2D eigenvalue weighted by molar-refractivity contribution is 7.16. The molecule has 4 N–H and O–H groups in total. The zero-order valence-electron chi connectivity index (χ0n) is 11.0. The van der Waals surface area contributed by atoms with Gasteiger partial charge in [-0.2, -0.15) is 0 Å². The summed E-state index contributed by atoms with van der Waals surface area (Å²) in [5.41, 5.74) is 6.91. The van der Waals surface area contributed by atoms with Gasteiger partial charge in [0.05, 0.1) is 5.00 Å². The van der Waals surface area contributed by atoms with Crippen LogP contribution in [0.4, 0.5) is 5.00 Å². The van der Waals surface area contributed by atoms with Crippen LogP contribution in [-0.2, 0) is 22.6 Å². The lowest BCUT2D eigenvalue weighted by Gasteiger charge is -2.12. The number of amides is 2. The van der Waals surface area contributed by atoms with Crippen molar-refractivity contribution in [2.75, 3.05) is 11.9 Å². The van der Waals surface area contributed by atoms with Crippen molar-refractivity contribution in [3.8, 4) is 0 Å². The number of carbonyl (C=O) groups is 2. The molecule has 6 heteroatoms. The second-order valence-electron chi connectivity index (χ2n) is 4.78. The fourth-order valence-electron chi connectivity index (χ4n) is 2.17. The predicted octanol–water partition coefficient (Wildman–Crippen LogP) is 1.15. The predicted molar refractivity (Wildman–Crippen MR) is 76.1 cm³/mol. The standard InChI is InChI=1S/C12H16N2OS.CH3NO/c1-7-9-4-5-13-6-10(9)16-12(7)14-11(15)8-2-3-8;2-1-3/h8,13H,2-6H2,1H3,(H,14,15);1H,(H2,2,3). The highest BCUT2D eigenvalue weighted by Gasteiger charge is 2.30. The molecule has 0 bridgehead atoms. The molecule has 5 nitrogen and oxygen atoms in total. The summed E-state index contributed by atoms with van der Waals surface area (Å²) in [5.74, 6) is 0.506. The number of rotatable bonds is 2. The maximum atomic E-state index is 11.7. The van der Waals surface area contributed by atoms with Gasteiger partial charge in [-0.15, -0.1) is 11.3 Å². The molecule has 1 aliphatic carbocycles. The number of thiophene rings is 1. The zero-order chi connectivity index (χ0) is 13.8. The van der Waals surface area contributed by atoms with Crippen molar-refractivity contribution in [3.05, 3.63) is 16.0 Å². The Morgan fingerprint density at radius 1 is 1.53 bits per heavy atom. The van der Waals surface area contributed by atoms with E-state index in [2.05, 4.69) is 23.3 Å². The van der Waals surface area contributed by atoms with Gasteiger partial charge in [0.1, 0.15) is 0 Å². The number of primary amides is 1. The third kappa shape index (κ3) is 3.33. The maximum Gasteiger partial charge on any atom is 0.228 e. The average molecular weight is 281 g/mol. The van der Waals surface area contributed by atoms with Gasteiger partial charge in [-0.05, 0) is 43.9 Å². The molecule has 0 atom stereocenters. The number of hydrogen-bond donors (Lipinski definition) is 3. The van der Waals surface area contributed by atoms with Crippen LogP contribution >= 0.6 is 11.3 Å². The average Bonchev–Trinajstić information content (AvgIpc) is 3.19. The largest absolute Gasteiger partial charge is 0.372 e. The van der Waals surface area contributed by atoms with E-state index in [1.807, 2.05) is 0 Å². The van der Waals surface area contributed by atoms with Crippen molar-refractivity contribution in [1.82, 2.24) is 5.32 Å². The smallest absolute Gasteiger partial charge is 0.228 e. The van der Waals surface area contributed by atoms with Crippen LogP contribution in [0.2, 0.25) is 0 Å². The van der Waals surface area contributed by atoms with Crippen LogP contribution in [0.3, 0.4) is 0 Å². The van der Waals surface area contributed by atoms with E-state index < -0.39 is 0 Å². The van der Waals surface area contributed by atoms with Crippen LogP contribution in [0.25, 0.3) is 0 Å². The van der Waals surface area contributed by atoms with Gasteiger partial charge >= 0.3 is 0 Å². The lowest BCUT2D eigenvalue weighted by molar-refractivity contribution is -0.117. The van der Waals surface area contributed by atoms with Gasteiger partial charge in [-0.1, -0.05) is 0 Å². The molecule has 0 spiro atoms. The molecule has 0 unspecified atom stereocenters. The van der Waals surface area contributed by atoms with Gasteiger partial charge in [0.15, 0.2) is 0 Å². The third-order valence-corrected chi connectivity index (χ3v) is 4.63. The van der Waals surface area contributed by atoms with Crippen LogP contribution < -0.4 is 16.4 Å². The van der Waals surface area contributed by atoms with E-state index in [4.69, 9.17) is 4.79 Å². The van der Waals surface area contributed by atoms with Gasteiger partial charge in [-0.3, -0.25) is 9.59 Å². The third-order valence-electron chi connectivity index (χ3n) is 3.38. The van der Waals surface area contributed by atoms with Gasteiger partial charge in [0.2, 0.25) is 12.3 Å². The van der Waals surface area contributed by atoms with E-state index in [1.54, 1.807) is 11.3 Å². The van der Waals surface area contributed by atoms with Crippen molar-refractivity contribution in [1.29, 1.82) is 0 Å². The van der Waals surface area contributed by atoms with E-state index in [0.29, 0.717) is 0 Å². The van der Waals surface area contributed by atoms with E-state index in [9.17, 15) is 4.79 Å². The Morgan fingerprint density at radius 2 is 2.21 bits per heavy atom. The van der Waals surface area contributed by atoms with Gasteiger partial charge in [0, 0.05) is 17.3 Å². The summed E-state index contributed by atoms with van der Waals surface area (Å²) in [6.45, 7) is 4.14. The Morgan fingerprint density at radius 3 is 2.79 bits per heavy atom. The molecule has 2 aliphatic rings. The Kier molecular flexibility index (Phi) is 4.55. The SMILES string of the molecule is Cc1c(NC(=O)C2CC2)sc2c1CCNC2.NC=O. The molecule has 19 heavy (non-hydrogen) atoms. The van der Waals surface area contributed by atoms with Crippen molar-refractivity contribution in [2.24, 2.45) is 11.7 Å². The minimum absolute atomic E-state index is 0.217. The Hall–Kier alpha value is -1.40. The Balaban J connectivity index is 0.000000408. The fourth-order valence-corrected chi connectivity index (χ4v) is 3.40. The van der Waals surface area contributed by atoms with Crippen molar-refractivity contribution >= 4 is 28.7 Å². The molecule has 3 rings (SSSR count). The minimum Gasteiger partial charge on any atom is -0.372 e. The first-order valence-electron chi connectivity index (χ1n) is 6.45. The molecular formula is C13H19N3O2S. The quantitative estimate of drug-likeness (QED) is 0.711. The van der Waals surface area contributed by atoms with Crippen LogP contribution in [-0.4, -0.2) is 18.9 Å². The Bertz CT molecular complexity index is 480. The molecule has 2 heterocycles. The summed E-state index contributed by atoms with van der Waals surface area (Å²) < 4.78 is 0. The minimum atomic E-state index is 0.217. The van der Waals surface area contributed by atoms with E-state index in [0.717, 1.165) is 37.4 Å². The van der Waals surface area contributed by atoms with Crippen LogP contribution in [0.15, 0.2) is 0 Å². The van der Waals surface area contributed by atoms with Gasteiger partial charge in [-0.25, -0.2) is 0 Å². The van der Waals surface area contributed by atoms with Crippen molar-refractivity contribution in [3.63, 3.8) is 0 Å². The lowest BCUT2D eigenvalue weighted by atomic mass is 10.1. The molecule has 0 aromatic carbocycles.